The number of methoxy groups -OCH3 is 1. The van der Waals surface area contributed by atoms with Crippen molar-refractivity contribution in [3.8, 4) is 0 Å². The molecule has 1 aliphatic heterocycles. The molecule has 0 saturated carbocycles. The average molecular weight is 440 g/mol. The van der Waals surface area contributed by atoms with Crippen molar-refractivity contribution in [2.45, 2.75) is 35.3 Å². The predicted molar refractivity (Wildman–Crippen MR) is 104 cm³/mol. The van der Waals surface area contributed by atoms with Crippen molar-refractivity contribution in [3.63, 3.8) is 0 Å². The van der Waals surface area contributed by atoms with Crippen LogP contribution < -0.4 is 0 Å². The number of rotatable bonds is 6. The third-order valence-corrected chi connectivity index (χ3v) is 7.88. The summed E-state index contributed by atoms with van der Waals surface area (Å²) in [4.78, 5) is 12.2. The monoisotopic (exact) mass is 439 g/mol. The van der Waals surface area contributed by atoms with Gasteiger partial charge in [-0.25, -0.2) is 8.42 Å². The zero-order chi connectivity index (χ0) is 21.2. The molecule has 0 amide bonds. The van der Waals surface area contributed by atoms with E-state index in [0.29, 0.717) is 0 Å². The van der Waals surface area contributed by atoms with Gasteiger partial charge in [0, 0.05) is 13.0 Å². The molecule has 1 saturated heterocycles. The molecule has 29 heavy (non-hydrogen) atoms. The highest BCUT2D eigenvalue weighted by atomic mass is 32.2. The van der Waals surface area contributed by atoms with Crippen molar-refractivity contribution < 1.29 is 30.6 Å². The molecule has 0 spiro atoms. The normalized spacial score (nSPS) is 20.5. The van der Waals surface area contributed by atoms with Crippen molar-refractivity contribution >= 4 is 26.1 Å². The van der Waals surface area contributed by atoms with E-state index in [0.717, 1.165) is 17.0 Å². The standard InChI is InChI=1S/C19H21NO7S2/c1-14-8-10-16(11-9-14)28(22,23)20-13-15(12-18(20)19(21)26-2)27-29(24,25)17-6-4-3-5-7-17/h3-11,15,18H,12-13H2,1-2H3/t15-,18+/m1/s1. The minimum atomic E-state index is -4.11. The maximum absolute atomic E-state index is 13.1. The molecule has 0 bridgehead atoms. The first-order valence-electron chi connectivity index (χ1n) is 8.80. The number of ether oxygens (including phenoxy) is 1. The van der Waals surface area contributed by atoms with Gasteiger partial charge in [-0.3, -0.25) is 8.98 Å². The van der Waals surface area contributed by atoms with Crippen LogP contribution in [0.25, 0.3) is 0 Å². The summed E-state index contributed by atoms with van der Waals surface area (Å²) < 4.78 is 62.0. The summed E-state index contributed by atoms with van der Waals surface area (Å²) >= 11 is 0. The van der Waals surface area contributed by atoms with Crippen LogP contribution in [0.4, 0.5) is 0 Å². The molecule has 2 atom stereocenters. The van der Waals surface area contributed by atoms with E-state index >= 15 is 0 Å². The summed E-state index contributed by atoms with van der Waals surface area (Å²) in [7, 11) is -7.02. The van der Waals surface area contributed by atoms with Gasteiger partial charge in [-0.1, -0.05) is 35.9 Å². The van der Waals surface area contributed by atoms with Crippen LogP contribution in [0, 0.1) is 6.92 Å². The number of hydrogen-bond donors (Lipinski definition) is 0. The van der Waals surface area contributed by atoms with Gasteiger partial charge in [0.15, 0.2) is 0 Å². The first-order chi connectivity index (χ1) is 13.6. The molecule has 2 aromatic carbocycles. The molecule has 1 fully saturated rings. The summed E-state index contributed by atoms with van der Waals surface area (Å²) in [5, 5.41) is 0. The van der Waals surface area contributed by atoms with E-state index in [2.05, 4.69) is 0 Å². The van der Waals surface area contributed by atoms with E-state index in [-0.39, 0.29) is 22.8 Å². The van der Waals surface area contributed by atoms with Gasteiger partial charge in [-0.2, -0.15) is 12.7 Å². The number of carbonyl (C=O) groups is 1. The fourth-order valence-corrected chi connectivity index (χ4v) is 5.84. The third kappa shape index (κ3) is 4.50. The summed E-state index contributed by atoms with van der Waals surface area (Å²) in [6.45, 7) is 1.53. The average Bonchev–Trinajstić information content (AvgIpc) is 3.12. The van der Waals surface area contributed by atoms with Crippen molar-refractivity contribution in [1.29, 1.82) is 0 Å². The van der Waals surface area contributed by atoms with Crippen LogP contribution in [0.2, 0.25) is 0 Å². The minimum absolute atomic E-state index is 0.00331. The highest BCUT2D eigenvalue weighted by Gasteiger charge is 2.46. The summed E-state index contributed by atoms with van der Waals surface area (Å²) in [5.41, 5.74) is 0.880. The Balaban J connectivity index is 1.89. The highest BCUT2D eigenvalue weighted by Crippen LogP contribution is 2.30. The zero-order valence-electron chi connectivity index (χ0n) is 15.9. The molecule has 3 rings (SSSR count). The lowest BCUT2D eigenvalue weighted by Gasteiger charge is -2.22. The minimum Gasteiger partial charge on any atom is -0.468 e. The van der Waals surface area contributed by atoms with Gasteiger partial charge < -0.3 is 4.74 Å². The van der Waals surface area contributed by atoms with Gasteiger partial charge in [0.2, 0.25) is 10.0 Å². The number of carbonyl (C=O) groups excluding carboxylic acids is 1. The molecule has 156 valence electrons. The topological polar surface area (TPSA) is 107 Å². The largest absolute Gasteiger partial charge is 0.468 e. The Bertz CT molecular complexity index is 1080. The molecule has 2 aromatic rings. The lowest BCUT2D eigenvalue weighted by atomic mass is 10.2. The fraction of sp³-hybridized carbons (Fsp3) is 0.316. The van der Waals surface area contributed by atoms with E-state index in [1.807, 2.05) is 6.92 Å². The van der Waals surface area contributed by atoms with E-state index in [4.69, 9.17) is 8.92 Å². The Morgan fingerprint density at radius 1 is 0.966 bits per heavy atom. The predicted octanol–water partition coefficient (Wildman–Crippen LogP) is 1.71. The summed E-state index contributed by atoms with van der Waals surface area (Å²) in [6, 6.07) is 12.5. The fourth-order valence-electron chi connectivity index (χ4n) is 3.12. The number of hydrogen-bond acceptors (Lipinski definition) is 7. The van der Waals surface area contributed by atoms with Crippen LogP contribution >= 0.6 is 0 Å². The number of nitrogens with zero attached hydrogens (tertiary/aromatic N) is 1. The van der Waals surface area contributed by atoms with Crippen molar-refractivity contribution in [3.05, 3.63) is 60.2 Å². The van der Waals surface area contributed by atoms with E-state index in [1.165, 1.54) is 24.3 Å². The Labute approximate surface area is 170 Å². The highest BCUT2D eigenvalue weighted by molar-refractivity contribution is 7.89. The second kappa shape index (κ2) is 8.23. The van der Waals surface area contributed by atoms with Gasteiger partial charge in [-0.15, -0.1) is 0 Å². The molecule has 1 heterocycles. The van der Waals surface area contributed by atoms with Gasteiger partial charge in [0.25, 0.3) is 10.1 Å². The number of esters is 1. The number of benzene rings is 2. The van der Waals surface area contributed by atoms with Crippen LogP contribution in [-0.2, 0) is 33.9 Å². The lowest BCUT2D eigenvalue weighted by molar-refractivity contribution is -0.144. The third-order valence-electron chi connectivity index (χ3n) is 4.61. The van der Waals surface area contributed by atoms with E-state index < -0.39 is 38.3 Å². The maximum atomic E-state index is 13.1. The van der Waals surface area contributed by atoms with Gasteiger partial charge in [-0.05, 0) is 31.2 Å². The van der Waals surface area contributed by atoms with E-state index in [1.54, 1.807) is 30.3 Å². The Morgan fingerprint density at radius 2 is 1.59 bits per heavy atom. The zero-order valence-corrected chi connectivity index (χ0v) is 17.5. The van der Waals surface area contributed by atoms with Crippen LogP contribution in [0.1, 0.15) is 12.0 Å². The second-order valence-electron chi connectivity index (χ2n) is 6.65. The Morgan fingerprint density at radius 3 is 2.17 bits per heavy atom. The second-order valence-corrected chi connectivity index (χ2v) is 10.1. The SMILES string of the molecule is COC(=O)[C@@H]1C[C@@H](OS(=O)(=O)c2ccccc2)CN1S(=O)(=O)c1ccc(C)cc1. The Hall–Kier alpha value is -2.27. The van der Waals surface area contributed by atoms with Crippen molar-refractivity contribution in [1.82, 2.24) is 4.31 Å². The summed E-state index contributed by atoms with van der Waals surface area (Å²) in [5.74, 6) is -0.774. The van der Waals surface area contributed by atoms with E-state index in [9.17, 15) is 21.6 Å². The van der Waals surface area contributed by atoms with Crippen molar-refractivity contribution in [2.24, 2.45) is 0 Å². The molecule has 1 aliphatic rings. The Kier molecular flexibility index (Phi) is 6.08. The molecule has 0 N–H and O–H groups in total. The van der Waals surface area contributed by atoms with Crippen molar-refractivity contribution in [2.75, 3.05) is 13.7 Å². The molecule has 0 radical (unpaired) electrons. The molecule has 0 aromatic heterocycles. The first-order valence-corrected chi connectivity index (χ1v) is 11.6. The number of aryl methyl sites for hydroxylation is 1. The maximum Gasteiger partial charge on any atom is 0.324 e. The molecule has 0 aliphatic carbocycles. The van der Waals surface area contributed by atoms with Crippen LogP contribution in [0.15, 0.2) is 64.4 Å². The molecule has 0 unspecified atom stereocenters. The van der Waals surface area contributed by atoms with Crippen LogP contribution in [0.5, 0.6) is 0 Å². The molecule has 8 nitrogen and oxygen atoms in total. The lowest BCUT2D eigenvalue weighted by Crippen LogP contribution is -2.41. The quantitative estimate of drug-likeness (QED) is 0.498. The van der Waals surface area contributed by atoms with Gasteiger partial charge >= 0.3 is 5.97 Å². The summed E-state index contributed by atoms with van der Waals surface area (Å²) in [6.07, 6.45) is -1.16. The number of sulfonamides is 1. The van der Waals surface area contributed by atoms with Gasteiger partial charge in [0.05, 0.1) is 23.0 Å². The van der Waals surface area contributed by atoms with Crippen LogP contribution in [-0.4, -0.2) is 52.9 Å². The molecular weight excluding hydrogens is 418 g/mol. The molecule has 10 heteroatoms. The molecular formula is C19H21NO7S2. The van der Waals surface area contributed by atoms with Gasteiger partial charge in [0.1, 0.15) is 6.04 Å². The first kappa shape index (κ1) is 21.4. The van der Waals surface area contributed by atoms with Crippen LogP contribution in [0.3, 0.4) is 0 Å². The smallest absolute Gasteiger partial charge is 0.324 e.